The molecule has 2 N–H and O–H groups in total. The molecule has 1 aromatic rings. The van der Waals surface area contributed by atoms with Crippen molar-refractivity contribution in [3.63, 3.8) is 0 Å². The van der Waals surface area contributed by atoms with Crippen LogP contribution in [0.5, 0.6) is 0 Å². The van der Waals surface area contributed by atoms with Gasteiger partial charge < -0.3 is 10.6 Å². The largest absolute Gasteiger partial charge is 0.341 e. The second kappa shape index (κ2) is 6.18. The molecule has 0 aromatic heterocycles. The molecule has 3 unspecified atom stereocenters. The van der Waals surface area contributed by atoms with Crippen LogP contribution >= 0.6 is 0 Å². The van der Waals surface area contributed by atoms with Crippen LogP contribution in [-0.4, -0.2) is 30.9 Å². The molecule has 3 nitrogen and oxygen atoms in total. The summed E-state index contributed by atoms with van der Waals surface area (Å²) in [5.74, 6) is 2.68. The third kappa shape index (κ3) is 2.98. The molecule has 2 saturated carbocycles. The smallest absolute Gasteiger partial charge is 0.253 e. The van der Waals surface area contributed by atoms with Crippen molar-refractivity contribution in [1.29, 1.82) is 0 Å². The van der Waals surface area contributed by atoms with E-state index < -0.39 is 0 Å². The summed E-state index contributed by atoms with van der Waals surface area (Å²) >= 11 is 0. The number of fused-ring (bicyclic) bond motifs is 2. The molecule has 3 atom stereocenters. The fourth-order valence-electron chi connectivity index (χ4n) is 4.34. The van der Waals surface area contributed by atoms with E-state index in [9.17, 15) is 4.79 Å². The highest BCUT2D eigenvalue weighted by atomic mass is 16.2. The first-order chi connectivity index (χ1) is 10.2. The van der Waals surface area contributed by atoms with E-state index in [-0.39, 0.29) is 5.91 Å². The first kappa shape index (κ1) is 14.6. The molecule has 2 bridgehead atoms. The highest BCUT2D eigenvalue weighted by Crippen LogP contribution is 2.48. The zero-order chi connectivity index (χ0) is 14.8. The number of nitrogens with two attached hydrogens (primary N) is 1. The predicted molar refractivity (Wildman–Crippen MR) is 85.1 cm³/mol. The topological polar surface area (TPSA) is 46.3 Å². The standard InChI is InChI=1S/C18H26N2O/c1-20(12-16-11-13-6-7-15(16)10-13)18(21)17-5-3-2-4-14(17)8-9-19/h2-5,13,15-16H,6-12,19H2,1H3. The maximum Gasteiger partial charge on any atom is 0.253 e. The van der Waals surface area contributed by atoms with Crippen molar-refractivity contribution in [1.82, 2.24) is 4.90 Å². The van der Waals surface area contributed by atoms with Crippen molar-refractivity contribution in [3.05, 3.63) is 35.4 Å². The summed E-state index contributed by atoms with van der Waals surface area (Å²) in [5, 5.41) is 0. The van der Waals surface area contributed by atoms with Gasteiger partial charge in [-0.3, -0.25) is 4.79 Å². The minimum absolute atomic E-state index is 0.154. The maximum absolute atomic E-state index is 12.7. The van der Waals surface area contributed by atoms with E-state index in [4.69, 9.17) is 5.73 Å². The Bertz CT molecular complexity index is 514. The highest BCUT2D eigenvalue weighted by molar-refractivity contribution is 5.95. The van der Waals surface area contributed by atoms with Gasteiger partial charge >= 0.3 is 0 Å². The van der Waals surface area contributed by atoms with Crippen molar-refractivity contribution >= 4 is 5.91 Å². The van der Waals surface area contributed by atoms with E-state index in [1.807, 2.05) is 36.2 Å². The lowest BCUT2D eigenvalue weighted by Crippen LogP contribution is -2.34. The summed E-state index contributed by atoms with van der Waals surface area (Å²) < 4.78 is 0. The second-order valence-electron chi connectivity index (χ2n) is 6.82. The summed E-state index contributed by atoms with van der Waals surface area (Å²) in [6, 6.07) is 7.88. The van der Waals surface area contributed by atoms with Gasteiger partial charge in [0.15, 0.2) is 0 Å². The van der Waals surface area contributed by atoms with Gasteiger partial charge in [-0.1, -0.05) is 24.6 Å². The summed E-state index contributed by atoms with van der Waals surface area (Å²) in [5.41, 5.74) is 7.56. The molecule has 2 aliphatic rings. The Morgan fingerprint density at radius 2 is 2.10 bits per heavy atom. The van der Waals surface area contributed by atoms with E-state index in [0.717, 1.165) is 41.8 Å². The number of amides is 1. The molecule has 3 heteroatoms. The maximum atomic E-state index is 12.7. The SMILES string of the molecule is CN(CC1CC2CCC1C2)C(=O)c1ccccc1CCN. The van der Waals surface area contributed by atoms with Crippen molar-refractivity contribution in [3.8, 4) is 0 Å². The van der Waals surface area contributed by atoms with Crippen LogP contribution in [0.4, 0.5) is 0 Å². The van der Waals surface area contributed by atoms with E-state index in [1.54, 1.807) is 0 Å². The molecule has 0 heterocycles. The van der Waals surface area contributed by atoms with Gasteiger partial charge in [0.1, 0.15) is 0 Å². The van der Waals surface area contributed by atoms with Crippen LogP contribution in [0, 0.1) is 17.8 Å². The van der Waals surface area contributed by atoms with E-state index in [0.29, 0.717) is 6.54 Å². The van der Waals surface area contributed by atoms with Crippen LogP contribution in [0.2, 0.25) is 0 Å². The first-order valence-electron chi connectivity index (χ1n) is 8.22. The van der Waals surface area contributed by atoms with Gasteiger partial charge in [-0.05, 0) is 61.6 Å². The Morgan fingerprint density at radius 1 is 1.29 bits per heavy atom. The zero-order valence-corrected chi connectivity index (χ0v) is 12.9. The van der Waals surface area contributed by atoms with Crippen molar-refractivity contribution in [2.45, 2.75) is 32.1 Å². The molecular formula is C18H26N2O. The summed E-state index contributed by atoms with van der Waals surface area (Å²) in [6.07, 6.45) is 6.28. The van der Waals surface area contributed by atoms with Gasteiger partial charge in [-0.2, -0.15) is 0 Å². The monoisotopic (exact) mass is 286 g/mol. The van der Waals surface area contributed by atoms with E-state index in [2.05, 4.69) is 0 Å². The van der Waals surface area contributed by atoms with Gasteiger partial charge in [-0.15, -0.1) is 0 Å². The summed E-state index contributed by atoms with van der Waals surface area (Å²) in [6.45, 7) is 1.50. The zero-order valence-electron chi connectivity index (χ0n) is 12.9. The molecule has 1 aromatic carbocycles. The van der Waals surface area contributed by atoms with E-state index in [1.165, 1.54) is 25.7 Å². The lowest BCUT2D eigenvalue weighted by atomic mass is 9.88. The average Bonchev–Trinajstić information content (AvgIpc) is 3.10. The van der Waals surface area contributed by atoms with Gasteiger partial charge in [0.2, 0.25) is 0 Å². The number of hydrogen-bond donors (Lipinski definition) is 1. The van der Waals surface area contributed by atoms with Gasteiger partial charge in [-0.25, -0.2) is 0 Å². The van der Waals surface area contributed by atoms with Gasteiger partial charge in [0, 0.05) is 19.2 Å². The minimum atomic E-state index is 0.154. The van der Waals surface area contributed by atoms with Gasteiger partial charge in [0.25, 0.3) is 5.91 Å². The lowest BCUT2D eigenvalue weighted by molar-refractivity contribution is 0.0753. The van der Waals surface area contributed by atoms with Crippen molar-refractivity contribution < 1.29 is 4.79 Å². The number of benzene rings is 1. The molecule has 0 aliphatic heterocycles. The summed E-state index contributed by atoms with van der Waals surface area (Å²) in [7, 11) is 1.95. The van der Waals surface area contributed by atoms with E-state index >= 15 is 0 Å². The van der Waals surface area contributed by atoms with Crippen LogP contribution < -0.4 is 5.73 Å². The number of carbonyl (C=O) groups is 1. The number of carbonyl (C=O) groups excluding carboxylic acids is 1. The molecule has 0 radical (unpaired) electrons. The Kier molecular flexibility index (Phi) is 4.29. The molecule has 0 spiro atoms. The van der Waals surface area contributed by atoms with Crippen LogP contribution in [-0.2, 0) is 6.42 Å². The van der Waals surface area contributed by atoms with Crippen LogP contribution in [0.15, 0.2) is 24.3 Å². The molecule has 1 amide bonds. The molecule has 0 saturated heterocycles. The fourth-order valence-corrected chi connectivity index (χ4v) is 4.34. The number of rotatable bonds is 5. The molecule has 21 heavy (non-hydrogen) atoms. The Labute approximate surface area is 127 Å². The lowest BCUT2D eigenvalue weighted by Gasteiger charge is -2.27. The Hall–Kier alpha value is -1.35. The average molecular weight is 286 g/mol. The number of nitrogens with zero attached hydrogens (tertiary/aromatic N) is 1. The quantitative estimate of drug-likeness (QED) is 0.904. The van der Waals surface area contributed by atoms with Crippen LogP contribution in [0.1, 0.15) is 41.6 Å². The van der Waals surface area contributed by atoms with Crippen LogP contribution in [0.3, 0.4) is 0 Å². The molecule has 2 fully saturated rings. The number of hydrogen-bond acceptors (Lipinski definition) is 2. The molecule has 114 valence electrons. The highest BCUT2D eigenvalue weighted by Gasteiger charge is 2.40. The fraction of sp³-hybridized carbons (Fsp3) is 0.611. The first-order valence-corrected chi connectivity index (χ1v) is 8.22. The summed E-state index contributed by atoms with van der Waals surface area (Å²) in [4.78, 5) is 14.7. The third-order valence-electron chi connectivity index (χ3n) is 5.40. The Balaban J connectivity index is 1.67. The minimum Gasteiger partial charge on any atom is -0.341 e. The molecule has 3 rings (SSSR count). The van der Waals surface area contributed by atoms with Crippen LogP contribution in [0.25, 0.3) is 0 Å². The third-order valence-corrected chi connectivity index (χ3v) is 5.40. The van der Waals surface area contributed by atoms with Gasteiger partial charge in [0.05, 0.1) is 0 Å². The molecule has 2 aliphatic carbocycles. The van der Waals surface area contributed by atoms with Crippen molar-refractivity contribution in [2.24, 2.45) is 23.5 Å². The predicted octanol–water partition coefficient (Wildman–Crippen LogP) is 2.70. The normalized spacial score (nSPS) is 27.0. The Morgan fingerprint density at radius 3 is 2.76 bits per heavy atom. The second-order valence-corrected chi connectivity index (χ2v) is 6.82. The molecular weight excluding hydrogens is 260 g/mol. The van der Waals surface area contributed by atoms with Crippen molar-refractivity contribution in [2.75, 3.05) is 20.1 Å².